The Bertz CT molecular complexity index is 395. The standard InChI is InChI=1S/C13H22P.C5H5.Fe/c1-12(2,3)14(13(4,5)6)11-9-7-8-10-11;1-2-4-5-3-1;/h7-10H,1-6H3;1-5H;/q-1;-5;. The first kappa shape index (κ1) is 19.6. The molecule has 0 saturated heterocycles. The minimum absolute atomic E-state index is 0. The first-order valence-electron chi connectivity index (χ1n) is 6.91. The first-order chi connectivity index (χ1) is 8.73. The van der Waals surface area contributed by atoms with Gasteiger partial charge in [-0.2, -0.15) is 12.1 Å². The third kappa shape index (κ3) is 6.40. The van der Waals surface area contributed by atoms with Gasteiger partial charge in [0.05, 0.1) is 0 Å². The molecule has 0 aromatic heterocycles. The molecule has 0 saturated carbocycles. The maximum absolute atomic E-state index is 2.36. The van der Waals surface area contributed by atoms with Crippen molar-refractivity contribution in [2.75, 3.05) is 0 Å². The van der Waals surface area contributed by atoms with Gasteiger partial charge in [-0.1, -0.05) is 41.5 Å². The van der Waals surface area contributed by atoms with Crippen molar-refractivity contribution in [2.24, 2.45) is 0 Å². The topological polar surface area (TPSA) is 0 Å². The number of hydrogen-bond donors (Lipinski definition) is 0. The van der Waals surface area contributed by atoms with Crippen molar-refractivity contribution in [2.45, 2.75) is 51.9 Å². The predicted octanol–water partition coefficient (Wildman–Crippen LogP) is 5.51. The molecule has 0 aliphatic carbocycles. The van der Waals surface area contributed by atoms with Gasteiger partial charge in [0.25, 0.3) is 0 Å². The van der Waals surface area contributed by atoms with Gasteiger partial charge in [0.15, 0.2) is 0 Å². The fourth-order valence-electron chi connectivity index (χ4n) is 2.61. The second kappa shape index (κ2) is 8.18. The van der Waals surface area contributed by atoms with Crippen LogP contribution in [0.4, 0.5) is 0 Å². The van der Waals surface area contributed by atoms with Crippen LogP contribution < -0.4 is 5.30 Å². The van der Waals surface area contributed by atoms with Gasteiger partial charge in [0.1, 0.15) is 0 Å². The van der Waals surface area contributed by atoms with E-state index < -0.39 is 0 Å². The number of hydrogen-bond acceptors (Lipinski definition) is 0. The Morgan fingerprint density at radius 1 is 0.700 bits per heavy atom. The van der Waals surface area contributed by atoms with Crippen molar-refractivity contribution in [3.63, 3.8) is 0 Å². The molecule has 20 heavy (non-hydrogen) atoms. The van der Waals surface area contributed by atoms with Crippen LogP contribution in [0.2, 0.25) is 0 Å². The van der Waals surface area contributed by atoms with Gasteiger partial charge in [0, 0.05) is 17.1 Å². The quantitative estimate of drug-likeness (QED) is 0.367. The van der Waals surface area contributed by atoms with E-state index in [-0.39, 0.29) is 25.0 Å². The zero-order chi connectivity index (χ0) is 14.5. The van der Waals surface area contributed by atoms with Crippen LogP contribution in [0.15, 0.2) is 54.6 Å². The molecule has 0 atom stereocenters. The van der Waals surface area contributed by atoms with Gasteiger partial charge >= 0.3 is 0 Å². The summed E-state index contributed by atoms with van der Waals surface area (Å²) >= 11 is 0. The van der Waals surface area contributed by atoms with Crippen LogP contribution in [-0.2, 0) is 17.1 Å². The molecule has 0 aliphatic rings. The molecule has 0 fully saturated rings. The minimum atomic E-state index is -0.101. The summed E-state index contributed by atoms with van der Waals surface area (Å²) in [7, 11) is -0.101. The second-order valence-electron chi connectivity index (χ2n) is 6.78. The summed E-state index contributed by atoms with van der Waals surface area (Å²) in [6.45, 7) is 14.1. The second-order valence-corrected chi connectivity index (χ2v) is 10.7. The Labute approximate surface area is 136 Å². The molecular weight excluding hydrogens is 303 g/mol. The molecule has 0 spiro atoms. The molecular formula is C18H27FeP-6. The summed E-state index contributed by atoms with van der Waals surface area (Å²) in [4.78, 5) is 0. The van der Waals surface area contributed by atoms with Crippen molar-refractivity contribution in [3.8, 4) is 0 Å². The first-order valence-corrected chi connectivity index (χ1v) is 8.26. The average molecular weight is 330 g/mol. The van der Waals surface area contributed by atoms with Crippen LogP contribution in [0.1, 0.15) is 41.5 Å². The van der Waals surface area contributed by atoms with E-state index >= 15 is 0 Å². The Morgan fingerprint density at radius 3 is 1.25 bits per heavy atom. The summed E-state index contributed by atoms with van der Waals surface area (Å²) in [6.07, 6.45) is 0. The molecule has 2 heteroatoms. The summed E-state index contributed by atoms with van der Waals surface area (Å²) in [5, 5.41) is 2.32. The van der Waals surface area contributed by atoms with Gasteiger partial charge < -0.3 is 30.3 Å². The van der Waals surface area contributed by atoms with E-state index in [0.717, 1.165) is 0 Å². The van der Waals surface area contributed by atoms with Crippen LogP contribution in [-0.4, -0.2) is 10.3 Å². The SMILES string of the molecule is CC(C)(C)P([c-]1cccc1)C(C)(C)C.[Fe].[cH-]1[cH-][cH-][cH-][cH-]1. The van der Waals surface area contributed by atoms with E-state index in [2.05, 4.69) is 65.8 Å². The molecule has 2 aromatic carbocycles. The van der Waals surface area contributed by atoms with Crippen molar-refractivity contribution < 1.29 is 17.1 Å². The molecule has 2 aromatic rings. The molecule has 0 aliphatic heterocycles. The van der Waals surface area contributed by atoms with E-state index in [4.69, 9.17) is 0 Å². The van der Waals surface area contributed by atoms with Gasteiger partial charge in [-0.05, 0) is 10.3 Å². The maximum Gasteiger partial charge on any atom is 0 e. The van der Waals surface area contributed by atoms with Gasteiger partial charge in [0.2, 0.25) is 0 Å². The van der Waals surface area contributed by atoms with E-state index in [1.807, 2.05) is 30.3 Å². The van der Waals surface area contributed by atoms with E-state index in [0.29, 0.717) is 10.3 Å². The van der Waals surface area contributed by atoms with Crippen LogP contribution in [0.3, 0.4) is 0 Å². The number of rotatable bonds is 1. The van der Waals surface area contributed by atoms with Crippen molar-refractivity contribution in [1.82, 2.24) is 0 Å². The Kier molecular flexibility index (Phi) is 8.04. The van der Waals surface area contributed by atoms with Crippen LogP contribution >= 0.6 is 7.92 Å². The molecule has 0 radical (unpaired) electrons. The molecule has 0 bridgehead atoms. The van der Waals surface area contributed by atoms with Crippen LogP contribution in [0, 0.1) is 0 Å². The molecule has 0 heterocycles. The Morgan fingerprint density at radius 2 is 1.00 bits per heavy atom. The summed E-state index contributed by atoms with van der Waals surface area (Å²) in [5.41, 5.74) is 0. The van der Waals surface area contributed by atoms with E-state index in [1.54, 1.807) is 5.30 Å². The third-order valence-corrected chi connectivity index (χ3v) is 6.30. The van der Waals surface area contributed by atoms with Crippen LogP contribution in [0.5, 0.6) is 0 Å². The predicted molar refractivity (Wildman–Crippen MR) is 90.1 cm³/mol. The Balaban J connectivity index is 0.000000507. The fraction of sp³-hybridized carbons (Fsp3) is 0.444. The fourth-order valence-corrected chi connectivity index (χ4v) is 6.65. The smallest absolute Gasteiger partial charge is 0 e. The summed E-state index contributed by atoms with van der Waals surface area (Å²) < 4.78 is 0. The molecule has 0 unspecified atom stereocenters. The summed E-state index contributed by atoms with van der Waals surface area (Å²) in [5.74, 6) is 0. The maximum atomic E-state index is 2.36. The van der Waals surface area contributed by atoms with E-state index in [1.165, 1.54) is 0 Å². The van der Waals surface area contributed by atoms with Crippen molar-refractivity contribution in [1.29, 1.82) is 0 Å². The molecule has 0 N–H and O–H groups in total. The Hall–Kier alpha value is -0.351. The minimum Gasteiger partial charge on any atom is -0.748 e. The van der Waals surface area contributed by atoms with Crippen molar-refractivity contribution >= 4 is 13.2 Å². The molecule has 2 rings (SSSR count). The molecule has 0 amide bonds. The molecule has 0 nitrogen and oxygen atoms in total. The van der Waals surface area contributed by atoms with Gasteiger partial charge in [-0.25, -0.2) is 12.1 Å². The van der Waals surface area contributed by atoms with Gasteiger partial charge in [-0.15, -0.1) is 13.2 Å². The van der Waals surface area contributed by atoms with Crippen LogP contribution in [0.25, 0.3) is 0 Å². The van der Waals surface area contributed by atoms with Gasteiger partial charge in [-0.3, -0.25) is 0 Å². The largest absolute Gasteiger partial charge is 0.748 e. The third-order valence-electron chi connectivity index (χ3n) is 2.80. The average Bonchev–Trinajstić information content (AvgIpc) is 2.86. The summed E-state index contributed by atoms with van der Waals surface area (Å²) in [6, 6.07) is 18.9. The molecule has 118 valence electrons. The monoisotopic (exact) mass is 330 g/mol. The van der Waals surface area contributed by atoms with E-state index in [9.17, 15) is 0 Å². The van der Waals surface area contributed by atoms with Crippen molar-refractivity contribution in [3.05, 3.63) is 54.6 Å². The normalized spacial score (nSPS) is 11.6. The zero-order valence-corrected chi connectivity index (χ0v) is 15.5. The zero-order valence-electron chi connectivity index (χ0n) is 13.5.